The number of phenols is 1. The highest BCUT2D eigenvalue weighted by atomic mass is 16.3. The molecule has 3 heteroatoms. The number of carbonyl (C=O) groups is 2. The first-order chi connectivity index (χ1) is 7.29. The van der Waals surface area contributed by atoms with Crippen LogP contribution in [0.2, 0.25) is 0 Å². The lowest BCUT2D eigenvalue weighted by atomic mass is 9.89. The molecule has 0 fully saturated rings. The van der Waals surface area contributed by atoms with Crippen molar-refractivity contribution in [3.63, 3.8) is 0 Å². The third kappa shape index (κ3) is 1.73. The predicted molar refractivity (Wildman–Crippen MR) is 62.3 cm³/mol. The molecule has 1 aromatic rings. The molecule has 0 aliphatic rings. The van der Waals surface area contributed by atoms with Gasteiger partial charge >= 0.3 is 0 Å². The molecule has 0 bridgehead atoms. The molecule has 0 aliphatic carbocycles. The Kier molecular flexibility index (Phi) is 3.17. The number of phenolic OH excluding ortho intramolecular Hbond substituents is 1. The Hall–Kier alpha value is -1.64. The van der Waals surface area contributed by atoms with Gasteiger partial charge in [0, 0.05) is 5.56 Å². The molecule has 86 valence electrons. The summed E-state index contributed by atoms with van der Waals surface area (Å²) in [5.74, 6) is -0.311. The number of carbonyl (C=O) groups excluding carboxylic acids is 2. The molecule has 0 aromatic heterocycles. The van der Waals surface area contributed by atoms with Gasteiger partial charge in [0.05, 0.1) is 5.56 Å². The van der Waals surface area contributed by atoms with Crippen LogP contribution in [0.4, 0.5) is 0 Å². The molecule has 1 aromatic carbocycles. The van der Waals surface area contributed by atoms with Gasteiger partial charge in [-0.2, -0.15) is 0 Å². The van der Waals surface area contributed by atoms with Gasteiger partial charge in [0.2, 0.25) is 0 Å². The van der Waals surface area contributed by atoms with E-state index >= 15 is 0 Å². The van der Waals surface area contributed by atoms with Crippen LogP contribution in [-0.2, 0) is 0 Å². The summed E-state index contributed by atoms with van der Waals surface area (Å²) < 4.78 is 0. The number of aromatic hydroxyl groups is 1. The zero-order valence-electron chi connectivity index (χ0n) is 10.3. The number of rotatable bonds is 2. The molecule has 0 atom stereocenters. The standard InChI is InChI=1S/C13H16O3/c1-6-7(2)13(16)12(10(5)15)8(3)11(6)9(4)14/h16H,1-5H3. The molecule has 0 spiro atoms. The molecule has 0 amide bonds. The first-order valence-corrected chi connectivity index (χ1v) is 5.13. The number of Topliss-reactive ketones (excluding diaryl/α,β-unsaturated/α-hetero) is 2. The molecule has 1 rings (SSSR count). The SMILES string of the molecule is CC(=O)c1c(C)c(C)c(O)c(C(C)=O)c1C. The average molecular weight is 220 g/mol. The molecular weight excluding hydrogens is 204 g/mol. The molecule has 16 heavy (non-hydrogen) atoms. The summed E-state index contributed by atoms with van der Waals surface area (Å²) in [6, 6.07) is 0. The zero-order chi connectivity index (χ0) is 12.6. The van der Waals surface area contributed by atoms with Gasteiger partial charge in [-0.15, -0.1) is 0 Å². The maximum absolute atomic E-state index is 11.5. The normalized spacial score (nSPS) is 10.3. The molecule has 0 unspecified atom stereocenters. The second-order valence-corrected chi connectivity index (χ2v) is 4.09. The minimum Gasteiger partial charge on any atom is -0.507 e. The van der Waals surface area contributed by atoms with Crippen molar-refractivity contribution < 1.29 is 14.7 Å². The van der Waals surface area contributed by atoms with E-state index in [0.717, 1.165) is 5.56 Å². The first kappa shape index (κ1) is 12.4. The summed E-state index contributed by atoms with van der Waals surface area (Å²) >= 11 is 0. The minimum atomic E-state index is -0.222. The Morgan fingerprint density at radius 1 is 0.812 bits per heavy atom. The fourth-order valence-electron chi connectivity index (χ4n) is 2.10. The summed E-state index contributed by atoms with van der Waals surface area (Å²) in [7, 11) is 0. The molecule has 0 heterocycles. The summed E-state index contributed by atoms with van der Waals surface area (Å²) in [5.41, 5.74) is 2.71. The van der Waals surface area contributed by atoms with Crippen molar-refractivity contribution in [2.75, 3.05) is 0 Å². The molecule has 0 aliphatic heterocycles. The topological polar surface area (TPSA) is 54.4 Å². The van der Waals surface area contributed by atoms with E-state index in [1.165, 1.54) is 13.8 Å². The Labute approximate surface area is 95.1 Å². The Morgan fingerprint density at radius 3 is 1.62 bits per heavy atom. The van der Waals surface area contributed by atoms with Crippen molar-refractivity contribution in [2.45, 2.75) is 34.6 Å². The maximum Gasteiger partial charge on any atom is 0.163 e. The fourth-order valence-corrected chi connectivity index (χ4v) is 2.10. The van der Waals surface area contributed by atoms with Crippen LogP contribution in [-0.4, -0.2) is 16.7 Å². The second-order valence-electron chi connectivity index (χ2n) is 4.09. The number of hydrogen-bond acceptors (Lipinski definition) is 3. The lowest BCUT2D eigenvalue weighted by Gasteiger charge is -2.15. The van der Waals surface area contributed by atoms with Crippen molar-refractivity contribution in [2.24, 2.45) is 0 Å². The predicted octanol–water partition coefficient (Wildman–Crippen LogP) is 2.72. The summed E-state index contributed by atoms with van der Waals surface area (Å²) in [5, 5.41) is 9.90. The van der Waals surface area contributed by atoms with E-state index in [9.17, 15) is 14.7 Å². The van der Waals surface area contributed by atoms with Gasteiger partial charge in [0.25, 0.3) is 0 Å². The Bertz CT molecular complexity index is 443. The summed E-state index contributed by atoms with van der Waals surface area (Å²) in [4.78, 5) is 23.0. The van der Waals surface area contributed by atoms with E-state index < -0.39 is 0 Å². The van der Waals surface area contributed by atoms with Crippen molar-refractivity contribution in [1.29, 1.82) is 0 Å². The summed E-state index contributed by atoms with van der Waals surface area (Å²) in [6.07, 6.45) is 0. The van der Waals surface area contributed by atoms with Crippen LogP contribution >= 0.6 is 0 Å². The molecular formula is C13H16O3. The lowest BCUT2D eigenvalue weighted by Crippen LogP contribution is -2.09. The monoisotopic (exact) mass is 220 g/mol. The minimum absolute atomic E-state index is 0.00694. The van der Waals surface area contributed by atoms with E-state index in [-0.39, 0.29) is 22.9 Å². The van der Waals surface area contributed by atoms with Crippen LogP contribution in [0.25, 0.3) is 0 Å². The van der Waals surface area contributed by atoms with Crippen LogP contribution in [0.3, 0.4) is 0 Å². The first-order valence-electron chi connectivity index (χ1n) is 5.13. The van der Waals surface area contributed by atoms with E-state index in [0.29, 0.717) is 16.7 Å². The average Bonchev–Trinajstić information content (AvgIpc) is 2.13. The molecule has 3 nitrogen and oxygen atoms in total. The van der Waals surface area contributed by atoms with E-state index in [1.54, 1.807) is 20.8 Å². The largest absolute Gasteiger partial charge is 0.507 e. The van der Waals surface area contributed by atoms with Gasteiger partial charge < -0.3 is 5.11 Å². The van der Waals surface area contributed by atoms with Gasteiger partial charge in [0.15, 0.2) is 11.6 Å². The van der Waals surface area contributed by atoms with Crippen LogP contribution in [0, 0.1) is 20.8 Å². The third-order valence-electron chi connectivity index (χ3n) is 2.98. The van der Waals surface area contributed by atoms with Gasteiger partial charge in [-0.25, -0.2) is 0 Å². The fraction of sp³-hybridized carbons (Fsp3) is 0.385. The quantitative estimate of drug-likeness (QED) is 0.779. The smallest absolute Gasteiger partial charge is 0.163 e. The van der Waals surface area contributed by atoms with Crippen molar-refractivity contribution in [1.82, 2.24) is 0 Å². The highest BCUT2D eigenvalue weighted by Gasteiger charge is 2.21. The van der Waals surface area contributed by atoms with Gasteiger partial charge in [0.1, 0.15) is 5.75 Å². The Morgan fingerprint density at radius 2 is 1.25 bits per heavy atom. The number of hydrogen-bond donors (Lipinski definition) is 1. The molecule has 0 saturated heterocycles. The second kappa shape index (κ2) is 4.08. The van der Waals surface area contributed by atoms with Crippen molar-refractivity contribution in [3.05, 3.63) is 27.8 Å². The number of benzene rings is 1. The van der Waals surface area contributed by atoms with Crippen LogP contribution in [0.15, 0.2) is 0 Å². The van der Waals surface area contributed by atoms with Gasteiger partial charge in [-0.1, -0.05) is 0 Å². The highest BCUT2D eigenvalue weighted by Crippen LogP contribution is 2.32. The molecule has 0 radical (unpaired) electrons. The van der Waals surface area contributed by atoms with Crippen molar-refractivity contribution in [3.8, 4) is 5.75 Å². The van der Waals surface area contributed by atoms with Crippen LogP contribution < -0.4 is 0 Å². The van der Waals surface area contributed by atoms with Crippen molar-refractivity contribution >= 4 is 11.6 Å². The van der Waals surface area contributed by atoms with E-state index in [1.807, 2.05) is 0 Å². The summed E-state index contributed by atoms with van der Waals surface area (Å²) in [6.45, 7) is 8.04. The Balaban J connectivity index is 3.80. The van der Waals surface area contributed by atoms with Crippen LogP contribution in [0.1, 0.15) is 51.3 Å². The van der Waals surface area contributed by atoms with Crippen LogP contribution in [0.5, 0.6) is 5.75 Å². The number of ketones is 2. The molecule has 1 N–H and O–H groups in total. The van der Waals surface area contributed by atoms with E-state index in [4.69, 9.17) is 0 Å². The van der Waals surface area contributed by atoms with Gasteiger partial charge in [-0.05, 0) is 51.3 Å². The third-order valence-corrected chi connectivity index (χ3v) is 2.98. The molecule has 0 saturated carbocycles. The van der Waals surface area contributed by atoms with E-state index in [2.05, 4.69) is 0 Å². The highest BCUT2D eigenvalue weighted by molar-refractivity contribution is 6.05. The maximum atomic E-state index is 11.5. The lowest BCUT2D eigenvalue weighted by molar-refractivity contribution is 0.101. The zero-order valence-corrected chi connectivity index (χ0v) is 10.3. The van der Waals surface area contributed by atoms with Gasteiger partial charge in [-0.3, -0.25) is 9.59 Å².